The highest BCUT2D eigenvalue weighted by molar-refractivity contribution is 5.83. The van der Waals surface area contributed by atoms with Gasteiger partial charge in [0.2, 0.25) is 0 Å². The van der Waals surface area contributed by atoms with Crippen LogP contribution in [0.1, 0.15) is 65.2 Å². The predicted octanol–water partition coefficient (Wildman–Crippen LogP) is 3.96. The predicted molar refractivity (Wildman–Crippen MR) is 60.3 cm³/mol. The van der Waals surface area contributed by atoms with E-state index >= 15 is 0 Å². The van der Waals surface area contributed by atoms with Gasteiger partial charge in [-0.2, -0.15) is 0 Å². The molecule has 0 aromatic carbocycles. The van der Waals surface area contributed by atoms with Crippen molar-refractivity contribution in [2.75, 3.05) is 0 Å². The molecular formula is C13H24O. The lowest BCUT2D eigenvalue weighted by molar-refractivity contribution is -0.127. The van der Waals surface area contributed by atoms with Crippen LogP contribution in [0.25, 0.3) is 0 Å². The Morgan fingerprint density at radius 1 is 1.14 bits per heavy atom. The van der Waals surface area contributed by atoms with Crippen molar-refractivity contribution in [3.63, 3.8) is 0 Å². The molecule has 0 saturated heterocycles. The fourth-order valence-electron chi connectivity index (χ4n) is 2.34. The van der Waals surface area contributed by atoms with E-state index in [1.165, 1.54) is 32.1 Å². The van der Waals surface area contributed by atoms with Crippen LogP contribution >= 0.6 is 0 Å². The lowest BCUT2D eigenvalue weighted by Crippen LogP contribution is -2.22. The van der Waals surface area contributed by atoms with E-state index in [4.69, 9.17) is 0 Å². The maximum absolute atomic E-state index is 12.0. The second-order valence-corrected chi connectivity index (χ2v) is 4.75. The van der Waals surface area contributed by atoms with Crippen LogP contribution in [-0.4, -0.2) is 5.78 Å². The van der Waals surface area contributed by atoms with Gasteiger partial charge in [0, 0.05) is 11.8 Å². The molecule has 0 N–H and O–H groups in total. The molecule has 0 bridgehead atoms. The molecule has 0 amide bonds. The molecule has 1 heteroatoms. The van der Waals surface area contributed by atoms with Crippen molar-refractivity contribution in [3.05, 3.63) is 0 Å². The Balaban J connectivity index is 2.42. The van der Waals surface area contributed by atoms with Gasteiger partial charge in [-0.05, 0) is 19.3 Å². The molecular weight excluding hydrogens is 172 g/mol. The fourth-order valence-corrected chi connectivity index (χ4v) is 2.34. The number of hydrogen-bond acceptors (Lipinski definition) is 1. The van der Waals surface area contributed by atoms with E-state index in [1.807, 2.05) is 0 Å². The number of Topliss-reactive ketones (excluding diaryl/α,β-unsaturated/α-hetero) is 1. The summed E-state index contributed by atoms with van der Waals surface area (Å²) in [6.07, 6.45) is 9.92. The van der Waals surface area contributed by atoms with Gasteiger partial charge in [-0.25, -0.2) is 0 Å². The van der Waals surface area contributed by atoms with Crippen LogP contribution < -0.4 is 0 Å². The van der Waals surface area contributed by atoms with Crippen LogP contribution in [-0.2, 0) is 4.79 Å². The van der Waals surface area contributed by atoms with E-state index in [-0.39, 0.29) is 0 Å². The summed E-state index contributed by atoms with van der Waals surface area (Å²) in [7, 11) is 0. The smallest absolute Gasteiger partial charge is 0.138 e. The third-order valence-electron chi connectivity index (χ3n) is 3.61. The van der Waals surface area contributed by atoms with Crippen molar-refractivity contribution in [1.82, 2.24) is 0 Å². The highest BCUT2D eigenvalue weighted by Crippen LogP contribution is 2.25. The molecule has 1 atom stereocenters. The molecule has 0 aromatic rings. The zero-order valence-electron chi connectivity index (χ0n) is 9.72. The molecule has 1 nitrogen and oxygen atoms in total. The molecule has 1 fully saturated rings. The minimum absolute atomic E-state index is 0.291. The van der Waals surface area contributed by atoms with Gasteiger partial charge in [-0.3, -0.25) is 4.79 Å². The summed E-state index contributed by atoms with van der Waals surface area (Å²) in [6.45, 7) is 4.20. The molecule has 1 unspecified atom stereocenters. The Hall–Kier alpha value is -0.330. The van der Waals surface area contributed by atoms with Crippen LogP contribution in [0.3, 0.4) is 0 Å². The summed E-state index contributed by atoms with van der Waals surface area (Å²) < 4.78 is 0. The van der Waals surface area contributed by atoms with Crippen LogP contribution in [0.2, 0.25) is 0 Å². The molecule has 0 aromatic heterocycles. The largest absolute Gasteiger partial charge is 0.299 e. The van der Waals surface area contributed by atoms with E-state index in [0.717, 1.165) is 19.3 Å². The van der Waals surface area contributed by atoms with Gasteiger partial charge in [-0.15, -0.1) is 0 Å². The fraction of sp³-hybridized carbons (Fsp3) is 0.923. The van der Waals surface area contributed by atoms with Crippen molar-refractivity contribution in [2.24, 2.45) is 11.8 Å². The lowest BCUT2D eigenvalue weighted by Gasteiger charge is -2.21. The quantitative estimate of drug-likeness (QED) is 0.667. The number of hydrogen-bond donors (Lipinski definition) is 0. The zero-order valence-corrected chi connectivity index (χ0v) is 9.72. The average molecular weight is 196 g/mol. The van der Waals surface area contributed by atoms with E-state index < -0.39 is 0 Å². The third kappa shape index (κ3) is 3.43. The summed E-state index contributed by atoms with van der Waals surface area (Å²) in [4.78, 5) is 12.0. The van der Waals surface area contributed by atoms with Crippen molar-refractivity contribution in [3.8, 4) is 0 Å². The molecule has 0 heterocycles. The van der Waals surface area contributed by atoms with Gasteiger partial charge in [0.1, 0.15) is 5.78 Å². The molecule has 0 radical (unpaired) electrons. The molecule has 1 saturated carbocycles. The lowest BCUT2D eigenvalue weighted by atomic mass is 9.83. The number of rotatable bonds is 3. The number of carbonyl (C=O) groups is 1. The van der Waals surface area contributed by atoms with Gasteiger partial charge in [0.05, 0.1) is 0 Å². The summed E-state index contributed by atoms with van der Waals surface area (Å²) in [5.74, 6) is 1.22. The van der Waals surface area contributed by atoms with E-state index in [9.17, 15) is 4.79 Å². The van der Waals surface area contributed by atoms with Crippen molar-refractivity contribution in [2.45, 2.75) is 65.2 Å². The first kappa shape index (κ1) is 11.7. The van der Waals surface area contributed by atoms with Crippen LogP contribution in [0.5, 0.6) is 0 Å². The van der Waals surface area contributed by atoms with Gasteiger partial charge >= 0.3 is 0 Å². The van der Waals surface area contributed by atoms with Crippen LogP contribution in [0.15, 0.2) is 0 Å². The zero-order chi connectivity index (χ0) is 10.4. The second-order valence-electron chi connectivity index (χ2n) is 4.75. The number of carbonyl (C=O) groups excluding carboxylic acids is 1. The minimum Gasteiger partial charge on any atom is -0.299 e. The Morgan fingerprint density at radius 2 is 1.64 bits per heavy atom. The van der Waals surface area contributed by atoms with E-state index in [0.29, 0.717) is 17.6 Å². The normalized spacial score (nSPS) is 22.4. The third-order valence-corrected chi connectivity index (χ3v) is 3.61. The summed E-state index contributed by atoms with van der Waals surface area (Å²) in [5, 5.41) is 0. The standard InChI is InChI=1S/C13H24O/c1-3-11(2)13(14)12-9-7-5-4-6-8-10-12/h11-12H,3-10H2,1-2H3. The van der Waals surface area contributed by atoms with Crippen molar-refractivity contribution in [1.29, 1.82) is 0 Å². The highest BCUT2D eigenvalue weighted by Gasteiger charge is 2.22. The highest BCUT2D eigenvalue weighted by atomic mass is 16.1. The minimum atomic E-state index is 0.291. The average Bonchev–Trinajstić information content (AvgIpc) is 2.15. The van der Waals surface area contributed by atoms with Crippen LogP contribution in [0, 0.1) is 11.8 Å². The molecule has 0 spiro atoms. The number of ketones is 1. The summed E-state index contributed by atoms with van der Waals surface area (Å²) in [5.41, 5.74) is 0. The van der Waals surface area contributed by atoms with Gasteiger partial charge in [0.25, 0.3) is 0 Å². The van der Waals surface area contributed by atoms with E-state index in [1.54, 1.807) is 0 Å². The van der Waals surface area contributed by atoms with Gasteiger partial charge in [0.15, 0.2) is 0 Å². The molecule has 82 valence electrons. The maximum Gasteiger partial charge on any atom is 0.138 e. The SMILES string of the molecule is CCC(C)C(=O)C1CCCCCCC1. The monoisotopic (exact) mass is 196 g/mol. The van der Waals surface area contributed by atoms with Crippen molar-refractivity contribution >= 4 is 5.78 Å². The van der Waals surface area contributed by atoms with E-state index in [2.05, 4.69) is 13.8 Å². The molecule has 14 heavy (non-hydrogen) atoms. The first-order valence-corrected chi connectivity index (χ1v) is 6.29. The Kier molecular flexibility index (Phi) is 5.21. The van der Waals surface area contributed by atoms with Gasteiger partial charge in [-0.1, -0.05) is 46.0 Å². The second kappa shape index (κ2) is 6.21. The first-order chi connectivity index (χ1) is 6.75. The van der Waals surface area contributed by atoms with Crippen molar-refractivity contribution < 1.29 is 4.79 Å². The van der Waals surface area contributed by atoms with Crippen LogP contribution in [0.4, 0.5) is 0 Å². The Morgan fingerprint density at radius 3 is 2.14 bits per heavy atom. The van der Waals surface area contributed by atoms with Gasteiger partial charge < -0.3 is 0 Å². The molecule has 1 aliphatic carbocycles. The Bertz CT molecular complexity index is 166. The summed E-state index contributed by atoms with van der Waals surface area (Å²) >= 11 is 0. The Labute approximate surface area is 88.3 Å². The summed E-state index contributed by atoms with van der Waals surface area (Å²) in [6, 6.07) is 0. The topological polar surface area (TPSA) is 17.1 Å². The molecule has 0 aliphatic heterocycles. The molecule has 1 rings (SSSR count). The molecule has 1 aliphatic rings. The maximum atomic E-state index is 12.0. The first-order valence-electron chi connectivity index (χ1n) is 6.29.